The monoisotopic (exact) mass is 333 g/mol. The predicted octanol–water partition coefficient (Wildman–Crippen LogP) is 2.29. The van der Waals surface area contributed by atoms with Crippen LogP contribution >= 0.6 is 27.3 Å². The summed E-state index contributed by atoms with van der Waals surface area (Å²) >= 11 is 4.42. The Kier molecular flexibility index (Phi) is 3.36. The Morgan fingerprint density at radius 2 is 2.18 bits per heavy atom. The number of hydrogen-bond acceptors (Lipinski definition) is 5. The molecule has 17 heavy (non-hydrogen) atoms. The zero-order chi connectivity index (χ0) is 12.5. The lowest BCUT2D eigenvalue weighted by Gasteiger charge is -2.07. The van der Waals surface area contributed by atoms with Crippen molar-refractivity contribution < 1.29 is 8.42 Å². The number of halogens is 1. The minimum atomic E-state index is -3.68. The van der Waals surface area contributed by atoms with Gasteiger partial charge in [0.05, 0.1) is 5.69 Å². The summed E-state index contributed by atoms with van der Waals surface area (Å²) in [4.78, 5) is 3.89. The second-order valence-electron chi connectivity index (χ2n) is 3.12. The van der Waals surface area contributed by atoms with E-state index in [1.807, 2.05) is 0 Å². The second kappa shape index (κ2) is 4.63. The number of nitrogen functional groups attached to an aromatic ring is 1. The maximum atomic E-state index is 12.0. The van der Waals surface area contributed by atoms with Gasteiger partial charge in [0.2, 0.25) is 0 Å². The standard InChI is InChI=1S/C9H8BrN3O2S2/c10-6-1-2-8(7(11)5-6)17(14,15)13-9-12-3-4-16-9/h1-5H,11H2,(H,12,13). The molecule has 0 atom stereocenters. The molecule has 0 radical (unpaired) electrons. The first-order valence-electron chi connectivity index (χ1n) is 4.46. The number of nitrogens with zero attached hydrogens (tertiary/aromatic N) is 1. The minimum absolute atomic E-state index is 0.0379. The zero-order valence-corrected chi connectivity index (χ0v) is 11.6. The van der Waals surface area contributed by atoms with Crippen LogP contribution in [-0.4, -0.2) is 13.4 Å². The van der Waals surface area contributed by atoms with Crippen molar-refractivity contribution in [3.8, 4) is 0 Å². The van der Waals surface area contributed by atoms with E-state index >= 15 is 0 Å². The Morgan fingerprint density at radius 3 is 2.76 bits per heavy atom. The van der Waals surface area contributed by atoms with E-state index in [-0.39, 0.29) is 10.6 Å². The molecule has 0 aliphatic carbocycles. The largest absolute Gasteiger partial charge is 0.398 e. The molecule has 0 aliphatic heterocycles. The molecular formula is C9H8BrN3O2S2. The summed E-state index contributed by atoms with van der Waals surface area (Å²) in [6, 6.07) is 4.60. The topological polar surface area (TPSA) is 85.1 Å². The molecule has 1 heterocycles. The molecule has 5 nitrogen and oxygen atoms in total. The van der Waals surface area contributed by atoms with E-state index in [4.69, 9.17) is 5.73 Å². The summed E-state index contributed by atoms with van der Waals surface area (Å²) in [6.45, 7) is 0. The molecule has 8 heteroatoms. The van der Waals surface area contributed by atoms with Crippen LogP contribution in [0, 0.1) is 0 Å². The molecule has 2 aromatic rings. The van der Waals surface area contributed by atoms with Crippen molar-refractivity contribution in [2.24, 2.45) is 0 Å². The van der Waals surface area contributed by atoms with Crippen molar-refractivity contribution in [2.45, 2.75) is 4.90 Å². The fourth-order valence-corrected chi connectivity index (χ4v) is 3.49. The van der Waals surface area contributed by atoms with E-state index < -0.39 is 10.0 Å². The number of hydrogen-bond donors (Lipinski definition) is 2. The molecule has 1 aromatic carbocycles. The molecule has 3 N–H and O–H groups in total. The van der Waals surface area contributed by atoms with Gasteiger partial charge < -0.3 is 5.73 Å². The third kappa shape index (κ3) is 2.76. The average Bonchev–Trinajstić information content (AvgIpc) is 2.68. The van der Waals surface area contributed by atoms with Crippen molar-refractivity contribution in [1.82, 2.24) is 4.98 Å². The summed E-state index contributed by atoms with van der Waals surface area (Å²) in [5.74, 6) is 0. The van der Waals surface area contributed by atoms with E-state index in [2.05, 4.69) is 25.6 Å². The van der Waals surface area contributed by atoms with Gasteiger partial charge in [0, 0.05) is 16.0 Å². The second-order valence-corrected chi connectivity index (χ2v) is 6.59. The molecule has 90 valence electrons. The highest BCUT2D eigenvalue weighted by Gasteiger charge is 2.18. The van der Waals surface area contributed by atoms with E-state index in [0.717, 1.165) is 4.47 Å². The number of aromatic nitrogens is 1. The number of thiazole rings is 1. The smallest absolute Gasteiger partial charge is 0.265 e. The number of rotatable bonds is 3. The van der Waals surface area contributed by atoms with Gasteiger partial charge in [-0.3, -0.25) is 4.72 Å². The lowest BCUT2D eigenvalue weighted by atomic mass is 10.3. The first-order chi connectivity index (χ1) is 7.99. The van der Waals surface area contributed by atoms with Crippen LogP contribution in [-0.2, 0) is 10.0 Å². The normalized spacial score (nSPS) is 11.4. The maximum absolute atomic E-state index is 12.0. The van der Waals surface area contributed by atoms with Crippen LogP contribution in [0.2, 0.25) is 0 Å². The average molecular weight is 334 g/mol. The highest BCUT2D eigenvalue weighted by molar-refractivity contribution is 9.10. The van der Waals surface area contributed by atoms with Gasteiger partial charge in [-0.15, -0.1) is 11.3 Å². The van der Waals surface area contributed by atoms with Crippen molar-refractivity contribution in [3.63, 3.8) is 0 Å². The van der Waals surface area contributed by atoms with Gasteiger partial charge in [-0.25, -0.2) is 13.4 Å². The Labute approximate surface area is 111 Å². The highest BCUT2D eigenvalue weighted by Crippen LogP contribution is 2.25. The SMILES string of the molecule is Nc1cc(Br)ccc1S(=O)(=O)Nc1nccs1. The molecule has 0 bridgehead atoms. The molecular weight excluding hydrogens is 326 g/mol. The molecule has 1 aromatic heterocycles. The van der Waals surface area contributed by atoms with Gasteiger partial charge in [0.25, 0.3) is 10.0 Å². The lowest BCUT2D eigenvalue weighted by molar-refractivity contribution is 0.601. The third-order valence-corrected chi connectivity index (χ3v) is 4.64. The van der Waals surface area contributed by atoms with Gasteiger partial charge in [-0.2, -0.15) is 0 Å². The van der Waals surface area contributed by atoms with Crippen molar-refractivity contribution in [3.05, 3.63) is 34.2 Å². The van der Waals surface area contributed by atoms with Crippen LogP contribution in [0.4, 0.5) is 10.8 Å². The van der Waals surface area contributed by atoms with Gasteiger partial charge >= 0.3 is 0 Å². The van der Waals surface area contributed by atoms with E-state index in [0.29, 0.717) is 5.13 Å². The third-order valence-electron chi connectivity index (χ3n) is 1.92. The molecule has 0 saturated heterocycles. The maximum Gasteiger partial charge on any atom is 0.265 e. The molecule has 0 saturated carbocycles. The first kappa shape index (κ1) is 12.3. The van der Waals surface area contributed by atoms with Crippen molar-refractivity contribution >= 4 is 48.1 Å². The van der Waals surface area contributed by atoms with Crippen molar-refractivity contribution in [2.75, 3.05) is 10.5 Å². The van der Waals surface area contributed by atoms with Gasteiger partial charge in [-0.1, -0.05) is 15.9 Å². The Hall–Kier alpha value is -1.12. The molecule has 0 fully saturated rings. The summed E-state index contributed by atoms with van der Waals surface area (Å²) in [5, 5.41) is 2.00. The molecule has 2 rings (SSSR count). The number of nitrogens with two attached hydrogens (primary N) is 1. The molecule has 0 aliphatic rings. The van der Waals surface area contributed by atoms with Crippen LogP contribution < -0.4 is 10.5 Å². The number of nitrogens with one attached hydrogen (secondary N) is 1. The lowest BCUT2D eigenvalue weighted by Crippen LogP contribution is -2.14. The van der Waals surface area contributed by atoms with E-state index in [1.54, 1.807) is 11.4 Å². The number of anilines is 2. The molecule has 0 unspecified atom stereocenters. The Balaban J connectivity index is 2.38. The van der Waals surface area contributed by atoms with Crippen molar-refractivity contribution in [1.29, 1.82) is 0 Å². The Bertz CT molecular complexity index is 626. The predicted molar refractivity (Wildman–Crippen MR) is 71.5 cm³/mol. The fraction of sp³-hybridized carbons (Fsp3) is 0. The molecule has 0 spiro atoms. The van der Waals surface area contributed by atoms with Crippen LogP contribution in [0.25, 0.3) is 0 Å². The zero-order valence-electron chi connectivity index (χ0n) is 8.42. The summed E-state index contributed by atoms with van der Waals surface area (Å²) in [5.41, 5.74) is 5.85. The fourth-order valence-electron chi connectivity index (χ4n) is 1.21. The van der Waals surface area contributed by atoms with Crippen LogP contribution in [0.15, 0.2) is 39.1 Å². The van der Waals surface area contributed by atoms with Gasteiger partial charge in [0.1, 0.15) is 4.90 Å². The quantitative estimate of drug-likeness (QED) is 0.844. The summed E-state index contributed by atoms with van der Waals surface area (Å²) in [6.07, 6.45) is 1.52. The first-order valence-corrected chi connectivity index (χ1v) is 7.62. The molecule has 0 amide bonds. The number of sulfonamides is 1. The van der Waals surface area contributed by atoms with Gasteiger partial charge in [-0.05, 0) is 18.2 Å². The highest BCUT2D eigenvalue weighted by atomic mass is 79.9. The van der Waals surface area contributed by atoms with E-state index in [1.165, 1.54) is 29.7 Å². The summed E-state index contributed by atoms with van der Waals surface area (Å²) in [7, 11) is -3.68. The summed E-state index contributed by atoms with van der Waals surface area (Å²) < 4.78 is 27.1. The van der Waals surface area contributed by atoms with Crippen LogP contribution in [0.5, 0.6) is 0 Å². The number of benzene rings is 1. The van der Waals surface area contributed by atoms with Crippen LogP contribution in [0.1, 0.15) is 0 Å². The van der Waals surface area contributed by atoms with Gasteiger partial charge in [0.15, 0.2) is 5.13 Å². The minimum Gasteiger partial charge on any atom is -0.398 e. The van der Waals surface area contributed by atoms with Crippen LogP contribution in [0.3, 0.4) is 0 Å². The van der Waals surface area contributed by atoms with E-state index in [9.17, 15) is 8.42 Å². The Morgan fingerprint density at radius 1 is 1.41 bits per heavy atom.